The standard InChI is InChI=1S/C19H16N6O/c20-18-16(12-3-2-6-15(26)10-12)11-21-19(24-18)23-14-5-1-4-13(9-14)17-7-8-22-25-17/h1-11,26H,(H,22,25)(H3,20,21,23,24). The van der Waals surface area contributed by atoms with Gasteiger partial charge in [0.1, 0.15) is 11.6 Å². The number of hydrogen-bond acceptors (Lipinski definition) is 6. The first-order valence-corrected chi connectivity index (χ1v) is 7.98. The Morgan fingerprint density at radius 2 is 1.85 bits per heavy atom. The van der Waals surface area contributed by atoms with Crippen LogP contribution in [-0.4, -0.2) is 25.3 Å². The number of nitrogens with two attached hydrogens (primary N) is 1. The number of aromatic amines is 1. The Balaban J connectivity index is 1.60. The lowest BCUT2D eigenvalue weighted by atomic mass is 10.1. The number of H-pyrrole nitrogens is 1. The fourth-order valence-electron chi connectivity index (χ4n) is 2.66. The predicted molar refractivity (Wildman–Crippen MR) is 101 cm³/mol. The lowest BCUT2D eigenvalue weighted by Crippen LogP contribution is -2.02. The molecular weight excluding hydrogens is 328 g/mol. The lowest BCUT2D eigenvalue weighted by molar-refractivity contribution is 0.475. The molecule has 0 atom stereocenters. The van der Waals surface area contributed by atoms with Crippen LogP contribution in [0.5, 0.6) is 5.75 Å². The van der Waals surface area contributed by atoms with Crippen LogP contribution in [0.15, 0.2) is 67.0 Å². The number of anilines is 3. The minimum absolute atomic E-state index is 0.166. The number of nitrogens with zero attached hydrogens (tertiary/aromatic N) is 3. The Morgan fingerprint density at radius 1 is 1.00 bits per heavy atom. The van der Waals surface area contributed by atoms with Crippen LogP contribution < -0.4 is 11.1 Å². The van der Waals surface area contributed by atoms with Crippen molar-refractivity contribution >= 4 is 17.5 Å². The van der Waals surface area contributed by atoms with Crippen LogP contribution in [0, 0.1) is 0 Å². The summed E-state index contributed by atoms with van der Waals surface area (Å²) >= 11 is 0. The highest BCUT2D eigenvalue weighted by Gasteiger charge is 2.08. The Morgan fingerprint density at radius 3 is 2.62 bits per heavy atom. The lowest BCUT2D eigenvalue weighted by Gasteiger charge is -2.09. The van der Waals surface area contributed by atoms with E-state index in [1.54, 1.807) is 30.6 Å². The van der Waals surface area contributed by atoms with Gasteiger partial charge in [-0.05, 0) is 35.9 Å². The van der Waals surface area contributed by atoms with Crippen LogP contribution >= 0.6 is 0 Å². The van der Waals surface area contributed by atoms with Crippen molar-refractivity contribution in [3.8, 4) is 28.1 Å². The van der Waals surface area contributed by atoms with E-state index in [0.717, 1.165) is 22.5 Å². The Hall–Kier alpha value is -3.87. The molecule has 5 N–H and O–H groups in total. The summed E-state index contributed by atoms with van der Waals surface area (Å²) in [5.74, 6) is 0.890. The Bertz CT molecular complexity index is 1050. The normalized spacial score (nSPS) is 10.6. The molecule has 0 aliphatic carbocycles. The summed E-state index contributed by atoms with van der Waals surface area (Å²) in [6.07, 6.45) is 3.41. The molecular formula is C19H16N6O. The zero-order chi connectivity index (χ0) is 17.9. The molecule has 2 heterocycles. The first-order chi connectivity index (χ1) is 12.7. The molecule has 0 radical (unpaired) electrons. The van der Waals surface area contributed by atoms with E-state index in [4.69, 9.17) is 5.73 Å². The fourth-order valence-corrected chi connectivity index (χ4v) is 2.66. The van der Waals surface area contributed by atoms with E-state index in [1.807, 2.05) is 36.4 Å². The number of rotatable bonds is 4. The van der Waals surface area contributed by atoms with Crippen molar-refractivity contribution in [3.63, 3.8) is 0 Å². The average molecular weight is 344 g/mol. The van der Waals surface area contributed by atoms with Gasteiger partial charge in [0.05, 0.1) is 5.69 Å². The minimum atomic E-state index is 0.166. The number of phenolic OH excluding ortho intramolecular Hbond substituents is 1. The minimum Gasteiger partial charge on any atom is -0.508 e. The summed E-state index contributed by atoms with van der Waals surface area (Å²) in [4.78, 5) is 8.65. The molecule has 0 aliphatic heterocycles. The van der Waals surface area contributed by atoms with Crippen LogP contribution in [0.4, 0.5) is 17.5 Å². The third-order valence-electron chi connectivity index (χ3n) is 3.89. The largest absolute Gasteiger partial charge is 0.508 e. The molecule has 0 amide bonds. The molecule has 4 rings (SSSR count). The van der Waals surface area contributed by atoms with E-state index in [9.17, 15) is 5.11 Å². The van der Waals surface area contributed by atoms with Gasteiger partial charge in [0, 0.05) is 29.2 Å². The Kier molecular flexibility index (Phi) is 3.95. The van der Waals surface area contributed by atoms with Crippen molar-refractivity contribution < 1.29 is 5.11 Å². The number of benzene rings is 2. The molecule has 2 aromatic heterocycles. The zero-order valence-corrected chi connectivity index (χ0v) is 13.7. The van der Waals surface area contributed by atoms with Crippen molar-refractivity contribution in [1.82, 2.24) is 20.2 Å². The van der Waals surface area contributed by atoms with Crippen LogP contribution in [0.1, 0.15) is 0 Å². The molecule has 26 heavy (non-hydrogen) atoms. The van der Waals surface area contributed by atoms with E-state index in [1.165, 1.54) is 0 Å². The SMILES string of the molecule is Nc1nc(Nc2cccc(-c3cc[nH]n3)c2)ncc1-c1cccc(O)c1. The van der Waals surface area contributed by atoms with Gasteiger partial charge in [-0.2, -0.15) is 10.1 Å². The molecule has 0 fully saturated rings. The highest BCUT2D eigenvalue weighted by molar-refractivity contribution is 5.75. The number of nitrogen functional groups attached to an aromatic ring is 1. The summed E-state index contributed by atoms with van der Waals surface area (Å²) in [7, 11) is 0. The number of hydrogen-bond donors (Lipinski definition) is 4. The molecule has 2 aromatic carbocycles. The van der Waals surface area contributed by atoms with E-state index >= 15 is 0 Å². The maximum Gasteiger partial charge on any atom is 0.229 e. The summed E-state index contributed by atoms with van der Waals surface area (Å²) in [5.41, 5.74) is 10.2. The van der Waals surface area contributed by atoms with Crippen LogP contribution in [0.25, 0.3) is 22.4 Å². The second-order valence-corrected chi connectivity index (χ2v) is 5.71. The topological polar surface area (TPSA) is 113 Å². The molecule has 0 saturated carbocycles. The predicted octanol–water partition coefficient (Wildman–Crippen LogP) is 3.57. The van der Waals surface area contributed by atoms with Gasteiger partial charge in [0.15, 0.2) is 0 Å². The van der Waals surface area contributed by atoms with Crippen molar-refractivity contribution in [1.29, 1.82) is 0 Å². The highest BCUT2D eigenvalue weighted by atomic mass is 16.3. The van der Waals surface area contributed by atoms with E-state index in [2.05, 4.69) is 25.5 Å². The summed E-state index contributed by atoms with van der Waals surface area (Å²) in [5, 5.41) is 19.7. The maximum absolute atomic E-state index is 9.62. The summed E-state index contributed by atoms with van der Waals surface area (Å²) < 4.78 is 0. The average Bonchev–Trinajstić information content (AvgIpc) is 3.17. The molecule has 4 aromatic rings. The first-order valence-electron chi connectivity index (χ1n) is 7.98. The molecule has 0 unspecified atom stereocenters. The van der Waals surface area contributed by atoms with Crippen LogP contribution in [0.2, 0.25) is 0 Å². The number of aromatic hydroxyl groups is 1. The van der Waals surface area contributed by atoms with E-state index in [0.29, 0.717) is 17.3 Å². The van der Waals surface area contributed by atoms with Crippen LogP contribution in [-0.2, 0) is 0 Å². The number of nitrogens with one attached hydrogen (secondary N) is 2. The van der Waals surface area contributed by atoms with Crippen molar-refractivity contribution in [2.24, 2.45) is 0 Å². The van der Waals surface area contributed by atoms with Gasteiger partial charge in [-0.15, -0.1) is 0 Å². The Labute approximate surface area is 149 Å². The summed E-state index contributed by atoms with van der Waals surface area (Å²) in [6, 6.07) is 16.5. The highest BCUT2D eigenvalue weighted by Crippen LogP contribution is 2.28. The third-order valence-corrected chi connectivity index (χ3v) is 3.89. The van der Waals surface area contributed by atoms with Gasteiger partial charge < -0.3 is 16.2 Å². The van der Waals surface area contributed by atoms with Gasteiger partial charge in [-0.25, -0.2) is 4.98 Å². The number of phenols is 1. The van der Waals surface area contributed by atoms with Gasteiger partial charge in [0.25, 0.3) is 0 Å². The molecule has 128 valence electrons. The van der Waals surface area contributed by atoms with Crippen molar-refractivity contribution in [2.45, 2.75) is 0 Å². The molecule has 0 aliphatic rings. The number of aromatic nitrogens is 4. The van der Waals surface area contributed by atoms with E-state index < -0.39 is 0 Å². The second kappa shape index (κ2) is 6.56. The second-order valence-electron chi connectivity index (χ2n) is 5.71. The molecule has 7 nitrogen and oxygen atoms in total. The van der Waals surface area contributed by atoms with Gasteiger partial charge in [0.2, 0.25) is 5.95 Å². The van der Waals surface area contributed by atoms with Crippen molar-refractivity contribution in [3.05, 3.63) is 67.0 Å². The van der Waals surface area contributed by atoms with Crippen LogP contribution in [0.3, 0.4) is 0 Å². The zero-order valence-electron chi connectivity index (χ0n) is 13.7. The van der Waals surface area contributed by atoms with Gasteiger partial charge >= 0.3 is 0 Å². The van der Waals surface area contributed by atoms with E-state index in [-0.39, 0.29) is 5.75 Å². The molecule has 0 bridgehead atoms. The quantitative estimate of drug-likeness (QED) is 0.450. The van der Waals surface area contributed by atoms with Gasteiger partial charge in [-0.1, -0.05) is 24.3 Å². The monoisotopic (exact) mass is 344 g/mol. The third kappa shape index (κ3) is 3.18. The van der Waals surface area contributed by atoms with Crippen molar-refractivity contribution in [2.75, 3.05) is 11.1 Å². The first kappa shape index (κ1) is 15.6. The molecule has 0 spiro atoms. The van der Waals surface area contributed by atoms with Gasteiger partial charge in [-0.3, -0.25) is 5.10 Å². The maximum atomic E-state index is 9.62. The fraction of sp³-hybridized carbons (Fsp3) is 0. The molecule has 7 heteroatoms. The smallest absolute Gasteiger partial charge is 0.229 e. The molecule has 0 saturated heterocycles. The summed E-state index contributed by atoms with van der Waals surface area (Å²) in [6.45, 7) is 0.